The molecule has 6 nitrogen and oxygen atoms in total. The quantitative estimate of drug-likeness (QED) is 0.469. The van der Waals surface area contributed by atoms with Gasteiger partial charge in [-0.2, -0.15) is 10.2 Å². The zero-order valence-corrected chi connectivity index (χ0v) is 17.9. The molecule has 0 radical (unpaired) electrons. The van der Waals surface area contributed by atoms with Crippen LogP contribution in [-0.2, 0) is 12.1 Å². The summed E-state index contributed by atoms with van der Waals surface area (Å²) in [5.41, 5.74) is 2.65. The molecular weight excluding hydrogens is 395 g/mol. The molecule has 0 aliphatic carbocycles. The van der Waals surface area contributed by atoms with Crippen LogP contribution in [0.3, 0.4) is 0 Å². The van der Waals surface area contributed by atoms with Gasteiger partial charge in [-0.3, -0.25) is 14.3 Å². The maximum Gasteiger partial charge on any atom is 0.278 e. The molecule has 4 rings (SSSR count). The number of aryl methyl sites for hydroxylation is 1. The Kier molecular flexibility index (Phi) is 5.05. The van der Waals surface area contributed by atoms with Crippen molar-refractivity contribution in [2.45, 2.75) is 39.8 Å². The molecule has 2 heterocycles. The van der Waals surface area contributed by atoms with Crippen LogP contribution in [-0.4, -0.2) is 25.3 Å². The second-order valence-corrected chi connectivity index (χ2v) is 8.57. The number of carbonyl (C=O) groups is 1. The molecule has 0 aliphatic rings. The summed E-state index contributed by atoms with van der Waals surface area (Å²) in [4.78, 5) is 25.5. The molecule has 0 saturated carbocycles. The van der Waals surface area contributed by atoms with E-state index in [9.17, 15) is 14.0 Å². The van der Waals surface area contributed by atoms with Gasteiger partial charge in [-0.25, -0.2) is 9.07 Å². The number of halogens is 1. The van der Waals surface area contributed by atoms with Crippen LogP contribution in [0.1, 0.15) is 48.0 Å². The van der Waals surface area contributed by atoms with Crippen LogP contribution in [0, 0.1) is 12.7 Å². The Morgan fingerprint density at radius 3 is 2.16 bits per heavy atom. The van der Waals surface area contributed by atoms with Crippen LogP contribution >= 0.6 is 0 Å². The Morgan fingerprint density at radius 2 is 1.58 bits per heavy atom. The van der Waals surface area contributed by atoms with Gasteiger partial charge in [0, 0.05) is 16.8 Å². The summed E-state index contributed by atoms with van der Waals surface area (Å²) >= 11 is 0. The van der Waals surface area contributed by atoms with Gasteiger partial charge < -0.3 is 0 Å². The largest absolute Gasteiger partial charge is 0.289 e. The van der Waals surface area contributed by atoms with E-state index in [1.807, 2.05) is 39.8 Å². The Balaban J connectivity index is 1.61. The minimum absolute atomic E-state index is 0.158. The highest BCUT2D eigenvalue weighted by Crippen LogP contribution is 2.18. The summed E-state index contributed by atoms with van der Waals surface area (Å²) in [6, 6.07) is 12.7. The Morgan fingerprint density at radius 1 is 1.00 bits per heavy atom. The molecule has 2 aromatic heterocycles. The zero-order chi connectivity index (χ0) is 22.3. The highest BCUT2D eigenvalue weighted by atomic mass is 19.1. The third kappa shape index (κ3) is 3.91. The van der Waals surface area contributed by atoms with Crippen LogP contribution < -0.4 is 5.56 Å². The second kappa shape index (κ2) is 7.58. The van der Waals surface area contributed by atoms with E-state index in [2.05, 4.69) is 10.2 Å². The molecule has 0 amide bonds. The average Bonchev–Trinajstić information content (AvgIpc) is 3.04. The monoisotopic (exact) mass is 418 g/mol. The number of rotatable bonds is 4. The van der Waals surface area contributed by atoms with E-state index in [1.165, 1.54) is 28.9 Å². The van der Waals surface area contributed by atoms with Crippen LogP contribution in [0.5, 0.6) is 0 Å². The zero-order valence-electron chi connectivity index (χ0n) is 17.9. The van der Waals surface area contributed by atoms with E-state index >= 15 is 0 Å². The van der Waals surface area contributed by atoms with Crippen molar-refractivity contribution < 1.29 is 9.18 Å². The first-order valence-electron chi connectivity index (χ1n) is 10.0. The first kappa shape index (κ1) is 20.7. The molecule has 0 aliphatic heterocycles. The normalized spacial score (nSPS) is 11.8. The summed E-state index contributed by atoms with van der Waals surface area (Å²) in [5.74, 6) is -0.542. The van der Waals surface area contributed by atoms with Gasteiger partial charge >= 0.3 is 0 Å². The first-order chi connectivity index (χ1) is 14.6. The van der Waals surface area contributed by atoms with Gasteiger partial charge in [0.05, 0.1) is 23.7 Å². The third-order valence-electron chi connectivity index (χ3n) is 5.23. The maximum atomic E-state index is 13.1. The molecule has 0 saturated heterocycles. The fraction of sp³-hybridized carbons (Fsp3) is 0.250. The molecule has 0 fully saturated rings. The van der Waals surface area contributed by atoms with Crippen LogP contribution in [0.15, 0.2) is 59.5 Å². The summed E-state index contributed by atoms with van der Waals surface area (Å²) in [6.45, 7) is 8.13. The minimum atomic E-state index is -0.424. The fourth-order valence-electron chi connectivity index (χ4n) is 3.53. The van der Waals surface area contributed by atoms with Crippen molar-refractivity contribution in [2.75, 3.05) is 0 Å². The predicted molar refractivity (Wildman–Crippen MR) is 117 cm³/mol. The highest BCUT2D eigenvalue weighted by molar-refractivity contribution is 6.08. The molecule has 31 heavy (non-hydrogen) atoms. The van der Waals surface area contributed by atoms with Crippen LogP contribution in [0.2, 0.25) is 0 Å². The number of nitrogens with zero attached hydrogens (tertiary/aromatic N) is 4. The molecule has 0 atom stereocenters. The average molecular weight is 418 g/mol. The van der Waals surface area contributed by atoms with Crippen molar-refractivity contribution in [1.82, 2.24) is 19.6 Å². The lowest BCUT2D eigenvalue weighted by atomic mass is 10.0. The predicted octanol–water partition coefficient (Wildman–Crippen LogP) is 4.07. The first-order valence-corrected chi connectivity index (χ1v) is 10.0. The van der Waals surface area contributed by atoms with Crippen LogP contribution in [0.4, 0.5) is 4.39 Å². The minimum Gasteiger partial charge on any atom is -0.289 e. The second-order valence-electron chi connectivity index (χ2n) is 8.57. The SMILES string of the molecule is Cc1c2c(=O)n(C(C)(C)C)ncc2nn1Cc1ccc(C(=O)c2ccc(F)cc2)cc1. The Hall–Kier alpha value is -3.61. The lowest BCUT2D eigenvalue weighted by Gasteiger charge is -2.19. The van der Waals surface area contributed by atoms with Crippen molar-refractivity contribution >= 4 is 16.7 Å². The molecule has 7 heteroatoms. The summed E-state index contributed by atoms with van der Waals surface area (Å²) in [6.07, 6.45) is 1.62. The number of hydrogen-bond donors (Lipinski definition) is 0. The van der Waals surface area contributed by atoms with Crippen molar-refractivity contribution in [2.24, 2.45) is 0 Å². The topological polar surface area (TPSA) is 69.8 Å². The van der Waals surface area contributed by atoms with Gasteiger partial charge in [0.2, 0.25) is 0 Å². The van der Waals surface area contributed by atoms with Gasteiger partial charge in [0.25, 0.3) is 5.56 Å². The van der Waals surface area contributed by atoms with Gasteiger partial charge in [0.1, 0.15) is 11.3 Å². The van der Waals surface area contributed by atoms with E-state index in [0.717, 1.165) is 11.3 Å². The van der Waals surface area contributed by atoms with Crippen molar-refractivity contribution in [3.05, 3.63) is 93.3 Å². The molecular formula is C24H23FN4O2. The number of hydrogen-bond acceptors (Lipinski definition) is 4. The number of fused-ring (bicyclic) bond motifs is 1. The van der Waals surface area contributed by atoms with Crippen molar-refractivity contribution in [3.63, 3.8) is 0 Å². The van der Waals surface area contributed by atoms with E-state index in [0.29, 0.717) is 28.6 Å². The van der Waals surface area contributed by atoms with Crippen molar-refractivity contribution in [3.8, 4) is 0 Å². The third-order valence-corrected chi connectivity index (χ3v) is 5.23. The van der Waals surface area contributed by atoms with E-state index < -0.39 is 5.54 Å². The maximum absolute atomic E-state index is 13.1. The highest BCUT2D eigenvalue weighted by Gasteiger charge is 2.20. The molecule has 158 valence electrons. The van der Waals surface area contributed by atoms with Crippen LogP contribution in [0.25, 0.3) is 10.9 Å². The molecule has 0 unspecified atom stereocenters. The fourth-order valence-corrected chi connectivity index (χ4v) is 3.53. The summed E-state index contributed by atoms with van der Waals surface area (Å²) in [7, 11) is 0. The summed E-state index contributed by atoms with van der Waals surface area (Å²) in [5, 5.41) is 9.38. The number of ketones is 1. The standard InChI is InChI=1S/C24H23FN4O2/c1-15-21-20(13-26-29(23(21)31)24(2,3)4)27-28(15)14-16-5-7-17(8-6-16)22(30)18-9-11-19(25)12-10-18/h5-13H,14H2,1-4H3. The van der Waals surface area contributed by atoms with Gasteiger partial charge in [-0.05, 0) is 57.5 Å². The van der Waals surface area contributed by atoms with Gasteiger partial charge in [-0.1, -0.05) is 24.3 Å². The van der Waals surface area contributed by atoms with E-state index in [-0.39, 0.29) is 17.2 Å². The van der Waals surface area contributed by atoms with Crippen molar-refractivity contribution in [1.29, 1.82) is 0 Å². The number of aromatic nitrogens is 4. The molecule has 4 aromatic rings. The number of benzene rings is 2. The Labute approximate surface area is 178 Å². The smallest absolute Gasteiger partial charge is 0.278 e. The molecule has 0 spiro atoms. The summed E-state index contributed by atoms with van der Waals surface area (Å²) < 4.78 is 16.3. The molecule has 0 N–H and O–H groups in total. The Bertz CT molecular complexity index is 1330. The molecule has 0 bridgehead atoms. The molecule has 2 aromatic carbocycles. The lowest BCUT2D eigenvalue weighted by molar-refractivity contribution is 0.103. The van der Waals surface area contributed by atoms with E-state index in [1.54, 1.807) is 23.0 Å². The lowest BCUT2D eigenvalue weighted by Crippen LogP contribution is -2.35. The van der Waals surface area contributed by atoms with Gasteiger partial charge in [0.15, 0.2) is 5.78 Å². The van der Waals surface area contributed by atoms with E-state index in [4.69, 9.17) is 0 Å². The van der Waals surface area contributed by atoms with Gasteiger partial charge in [-0.15, -0.1) is 0 Å². The number of carbonyl (C=O) groups excluding carboxylic acids is 1.